The van der Waals surface area contributed by atoms with Crippen molar-refractivity contribution in [1.29, 1.82) is 0 Å². The van der Waals surface area contributed by atoms with Gasteiger partial charge in [-0.1, -0.05) is 0 Å². The molecule has 2 aromatic carbocycles. The van der Waals surface area contributed by atoms with Gasteiger partial charge in [0.05, 0.1) is 17.9 Å². The van der Waals surface area contributed by atoms with E-state index in [4.69, 9.17) is 4.74 Å². The number of rotatable bonds is 6. The van der Waals surface area contributed by atoms with Crippen LogP contribution in [-0.4, -0.2) is 26.2 Å². The molecule has 0 fully saturated rings. The fourth-order valence-corrected chi connectivity index (χ4v) is 2.50. The first-order valence-corrected chi connectivity index (χ1v) is 7.69. The van der Waals surface area contributed by atoms with E-state index in [1.165, 1.54) is 30.5 Å². The molecule has 0 spiro atoms. The lowest BCUT2D eigenvalue weighted by Crippen LogP contribution is -2.09. The minimum atomic E-state index is -0.432. The fraction of sp³-hybridized carbons (Fsp3) is 0.167. The fourth-order valence-electron chi connectivity index (χ4n) is 2.50. The van der Waals surface area contributed by atoms with Crippen LogP contribution < -0.4 is 16.0 Å². The summed E-state index contributed by atoms with van der Waals surface area (Å²) in [5, 5.41) is 8.44. The number of carbonyl (C=O) groups excluding carboxylic acids is 1. The van der Waals surface area contributed by atoms with Gasteiger partial charge in [0.15, 0.2) is 0 Å². The van der Waals surface area contributed by atoms with Gasteiger partial charge in [0.2, 0.25) is 0 Å². The van der Waals surface area contributed by atoms with Crippen molar-refractivity contribution in [3.8, 4) is 0 Å². The lowest BCUT2D eigenvalue weighted by molar-refractivity contribution is -0.110. The number of hydrogen-bond donors (Lipinski definition) is 3. The van der Waals surface area contributed by atoms with Crippen molar-refractivity contribution in [3.05, 3.63) is 59.8 Å². The number of ether oxygens (including phenoxy) is 1. The van der Waals surface area contributed by atoms with E-state index in [1.807, 2.05) is 0 Å². The van der Waals surface area contributed by atoms with Crippen LogP contribution >= 0.6 is 0 Å². The molecule has 0 saturated carbocycles. The van der Waals surface area contributed by atoms with Gasteiger partial charge in [0, 0.05) is 36.8 Å². The molecule has 7 heteroatoms. The molecule has 1 aliphatic rings. The van der Waals surface area contributed by atoms with Crippen molar-refractivity contribution in [2.24, 2.45) is 0 Å². The monoisotopic (exact) mass is 345 g/mol. The van der Waals surface area contributed by atoms with Crippen molar-refractivity contribution in [2.45, 2.75) is 0 Å². The van der Waals surface area contributed by atoms with Gasteiger partial charge >= 0.3 is 0 Å². The molecule has 2 aromatic rings. The van der Waals surface area contributed by atoms with Crippen LogP contribution in [0.5, 0.6) is 0 Å². The zero-order valence-electron chi connectivity index (χ0n) is 13.5. The summed E-state index contributed by atoms with van der Waals surface area (Å²) in [6.45, 7) is 0.962. The van der Waals surface area contributed by atoms with Gasteiger partial charge in [-0.05, 0) is 36.4 Å². The van der Waals surface area contributed by atoms with E-state index in [9.17, 15) is 13.6 Å². The summed E-state index contributed by atoms with van der Waals surface area (Å²) < 4.78 is 32.4. The van der Waals surface area contributed by atoms with Gasteiger partial charge in [-0.15, -0.1) is 0 Å². The Morgan fingerprint density at radius 2 is 2.04 bits per heavy atom. The smallest absolute Gasteiger partial charge is 0.257 e. The number of fused-ring (bicyclic) bond motifs is 1. The second-order valence-electron chi connectivity index (χ2n) is 5.46. The van der Waals surface area contributed by atoms with E-state index in [2.05, 4.69) is 16.0 Å². The summed E-state index contributed by atoms with van der Waals surface area (Å²) in [6, 6.07) is 8.64. The van der Waals surface area contributed by atoms with Crippen LogP contribution in [0.1, 0.15) is 5.56 Å². The third-order valence-corrected chi connectivity index (χ3v) is 3.74. The first kappa shape index (κ1) is 16.9. The number of nitrogens with one attached hydrogen (secondary N) is 3. The summed E-state index contributed by atoms with van der Waals surface area (Å²) in [7, 11) is 1.57. The molecular formula is C18H17F2N3O2. The minimum absolute atomic E-state index is 0.289. The molecule has 5 nitrogen and oxygen atoms in total. The highest BCUT2D eigenvalue weighted by atomic mass is 19.1. The molecule has 0 unspecified atom stereocenters. The van der Waals surface area contributed by atoms with E-state index in [0.717, 1.165) is 0 Å². The molecule has 130 valence electrons. The minimum Gasteiger partial charge on any atom is -0.383 e. The molecule has 0 atom stereocenters. The highest BCUT2D eigenvalue weighted by Gasteiger charge is 2.24. The topological polar surface area (TPSA) is 62.4 Å². The van der Waals surface area contributed by atoms with Gasteiger partial charge in [-0.25, -0.2) is 8.78 Å². The van der Waals surface area contributed by atoms with Gasteiger partial charge in [0.1, 0.15) is 11.6 Å². The third-order valence-electron chi connectivity index (χ3n) is 3.74. The van der Waals surface area contributed by atoms with Gasteiger partial charge in [-0.2, -0.15) is 0 Å². The largest absolute Gasteiger partial charge is 0.383 e. The van der Waals surface area contributed by atoms with Gasteiger partial charge < -0.3 is 20.7 Å². The molecule has 0 saturated heterocycles. The number of anilines is 3. The van der Waals surface area contributed by atoms with Crippen molar-refractivity contribution in [1.82, 2.24) is 0 Å². The van der Waals surface area contributed by atoms with E-state index in [1.54, 1.807) is 19.2 Å². The molecule has 1 heterocycles. The van der Waals surface area contributed by atoms with Crippen LogP contribution in [0.3, 0.4) is 0 Å². The second kappa shape index (κ2) is 7.31. The average Bonchev–Trinajstić information content (AvgIpc) is 2.89. The Bertz CT molecular complexity index is 837. The standard InChI is InChI=1S/C18H17F2N3O2/c1-25-7-6-21-17-5-3-12(9-15(17)20)22-10-14-13-8-11(19)2-4-16(13)23-18(14)24/h2-5,8-10,21-22H,6-7H2,1H3,(H,23,24)/b14-10+. The molecule has 3 rings (SSSR count). The summed E-state index contributed by atoms with van der Waals surface area (Å²) in [5.74, 6) is -1.20. The Hall–Kier alpha value is -2.93. The summed E-state index contributed by atoms with van der Waals surface area (Å²) >= 11 is 0. The Morgan fingerprint density at radius 3 is 2.80 bits per heavy atom. The molecule has 0 radical (unpaired) electrons. The van der Waals surface area contributed by atoms with Gasteiger partial charge in [0.25, 0.3) is 5.91 Å². The lowest BCUT2D eigenvalue weighted by Gasteiger charge is -2.09. The molecule has 0 aliphatic carbocycles. The zero-order valence-corrected chi connectivity index (χ0v) is 13.5. The van der Waals surface area contributed by atoms with Crippen LogP contribution in [0.25, 0.3) is 5.57 Å². The molecular weight excluding hydrogens is 328 g/mol. The number of methoxy groups -OCH3 is 1. The molecule has 0 bridgehead atoms. The number of carbonyl (C=O) groups is 1. The number of amides is 1. The number of benzene rings is 2. The Kier molecular flexibility index (Phi) is 4.95. The van der Waals surface area contributed by atoms with Crippen molar-refractivity contribution in [3.63, 3.8) is 0 Å². The lowest BCUT2D eigenvalue weighted by atomic mass is 10.1. The predicted octanol–water partition coefficient (Wildman–Crippen LogP) is 3.43. The molecule has 1 amide bonds. The van der Waals surface area contributed by atoms with Crippen LogP contribution in [0.4, 0.5) is 25.8 Å². The third kappa shape index (κ3) is 3.77. The normalized spacial score (nSPS) is 14.4. The quantitative estimate of drug-likeness (QED) is 0.554. The zero-order chi connectivity index (χ0) is 17.8. The second-order valence-corrected chi connectivity index (χ2v) is 5.46. The molecule has 0 aromatic heterocycles. The molecule has 25 heavy (non-hydrogen) atoms. The summed E-state index contributed by atoms with van der Waals surface area (Å²) in [4.78, 5) is 12.0. The summed E-state index contributed by atoms with van der Waals surface area (Å²) in [6.07, 6.45) is 1.44. The number of halogens is 2. The van der Waals surface area contributed by atoms with Gasteiger partial charge in [-0.3, -0.25) is 4.79 Å². The Labute approximate surface area is 143 Å². The maximum atomic E-state index is 14.1. The predicted molar refractivity (Wildman–Crippen MR) is 93.4 cm³/mol. The average molecular weight is 345 g/mol. The van der Waals surface area contributed by atoms with E-state index < -0.39 is 11.6 Å². The maximum Gasteiger partial charge on any atom is 0.257 e. The SMILES string of the molecule is COCCNc1ccc(N/C=C2/C(=O)Nc3ccc(F)cc32)cc1F. The van der Waals surface area contributed by atoms with Crippen LogP contribution in [0.15, 0.2) is 42.6 Å². The molecule has 3 N–H and O–H groups in total. The Morgan fingerprint density at radius 1 is 1.20 bits per heavy atom. The van der Waals surface area contributed by atoms with Crippen LogP contribution in [-0.2, 0) is 9.53 Å². The first-order chi connectivity index (χ1) is 12.1. The molecule has 1 aliphatic heterocycles. The number of hydrogen-bond acceptors (Lipinski definition) is 4. The maximum absolute atomic E-state index is 14.1. The van der Waals surface area contributed by atoms with Crippen molar-refractivity contribution < 1.29 is 18.3 Å². The van der Waals surface area contributed by atoms with E-state index >= 15 is 0 Å². The first-order valence-electron chi connectivity index (χ1n) is 7.69. The van der Waals surface area contributed by atoms with Crippen LogP contribution in [0.2, 0.25) is 0 Å². The van der Waals surface area contributed by atoms with E-state index in [0.29, 0.717) is 35.8 Å². The van der Waals surface area contributed by atoms with Crippen molar-refractivity contribution >= 4 is 28.5 Å². The highest BCUT2D eigenvalue weighted by Crippen LogP contribution is 2.32. The Balaban J connectivity index is 1.75. The van der Waals surface area contributed by atoms with Crippen LogP contribution in [0, 0.1) is 11.6 Å². The van der Waals surface area contributed by atoms with Crippen molar-refractivity contribution in [2.75, 3.05) is 36.2 Å². The summed E-state index contributed by atoms with van der Waals surface area (Å²) in [5.41, 5.74) is 2.14. The van der Waals surface area contributed by atoms with E-state index in [-0.39, 0.29) is 11.5 Å². The highest BCUT2D eigenvalue weighted by molar-refractivity contribution is 6.31.